The van der Waals surface area contributed by atoms with E-state index in [2.05, 4.69) is 25.7 Å². The van der Waals surface area contributed by atoms with Crippen LogP contribution in [0, 0.1) is 0 Å². The maximum absolute atomic E-state index is 11.1. The largest absolute Gasteiger partial charge is 0.301 e. The molecule has 0 amide bonds. The van der Waals surface area contributed by atoms with Crippen molar-refractivity contribution in [3.05, 3.63) is 0 Å². The summed E-state index contributed by atoms with van der Waals surface area (Å²) in [5.41, 5.74) is 0. The monoisotopic (exact) mass is 171 g/mol. The molecule has 1 atom stereocenters. The molecular weight excluding hydrogens is 150 g/mol. The highest BCUT2D eigenvalue weighted by Gasteiger charge is 2.12. The molecule has 0 radical (unpaired) electrons. The summed E-state index contributed by atoms with van der Waals surface area (Å²) in [5.74, 6) is 0.370. The van der Waals surface area contributed by atoms with Crippen LogP contribution in [0.1, 0.15) is 40.5 Å². The molecule has 0 aliphatic heterocycles. The molecule has 1 unspecified atom stereocenters. The van der Waals surface area contributed by atoms with Crippen molar-refractivity contribution in [3.8, 4) is 0 Å². The van der Waals surface area contributed by atoms with Crippen molar-refractivity contribution in [3.63, 3.8) is 0 Å². The smallest absolute Gasteiger partial charge is 0.134 e. The standard InChI is InChI=1S/C10H21NO/c1-5-10(12)8-9(4)11(6-2)7-3/h9H,5-8H2,1-4H3. The van der Waals surface area contributed by atoms with E-state index in [0.717, 1.165) is 13.1 Å². The topological polar surface area (TPSA) is 20.3 Å². The molecule has 0 bridgehead atoms. The van der Waals surface area contributed by atoms with E-state index in [1.165, 1.54) is 0 Å². The van der Waals surface area contributed by atoms with E-state index >= 15 is 0 Å². The van der Waals surface area contributed by atoms with Crippen LogP contribution in [0.5, 0.6) is 0 Å². The van der Waals surface area contributed by atoms with Gasteiger partial charge in [0.1, 0.15) is 5.78 Å². The quantitative estimate of drug-likeness (QED) is 0.610. The average molecular weight is 171 g/mol. The molecule has 0 spiro atoms. The maximum atomic E-state index is 11.1. The Bertz CT molecular complexity index is 130. The molecule has 0 saturated carbocycles. The summed E-state index contributed by atoms with van der Waals surface area (Å²) in [6, 6.07) is 0.410. The van der Waals surface area contributed by atoms with Gasteiger partial charge in [0, 0.05) is 18.9 Å². The van der Waals surface area contributed by atoms with E-state index in [-0.39, 0.29) is 0 Å². The lowest BCUT2D eigenvalue weighted by Gasteiger charge is -2.25. The molecule has 0 aromatic heterocycles. The lowest BCUT2D eigenvalue weighted by Crippen LogP contribution is -2.34. The van der Waals surface area contributed by atoms with Gasteiger partial charge >= 0.3 is 0 Å². The lowest BCUT2D eigenvalue weighted by atomic mass is 10.1. The summed E-state index contributed by atoms with van der Waals surface area (Å²) < 4.78 is 0. The Balaban J connectivity index is 3.83. The predicted molar refractivity (Wildman–Crippen MR) is 52.3 cm³/mol. The first kappa shape index (κ1) is 11.6. The van der Waals surface area contributed by atoms with Crippen molar-refractivity contribution in [1.29, 1.82) is 0 Å². The molecule has 12 heavy (non-hydrogen) atoms. The van der Waals surface area contributed by atoms with Crippen molar-refractivity contribution in [2.24, 2.45) is 0 Å². The van der Waals surface area contributed by atoms with Crippen molar-refractivity contribution in [1.82, 2.24) is 4.90 Å². The Labute approximate surface area is 75.9 Å². The molecule has 0 aliphatic carbocycles. The number of Topliss-reactive ketones (excluding diaryl/α,β-unsaturated/α-hetero) is 1. The lowest BCUT2D eigenvalue weighted by molar-refractivity contribution is -0.119. The number of ketones is 1. The highest BCUT2D eigenvalue weighted by Crippen LogP contribution is 2.04. The van der Waals surface area contributed by atoms with Crippen LogP contribution in [-0.2, 0) is 4.79 Å². The second-order valence-electron chi connectivity index (χ2n) is 3.17. The Hall–Kier alpha value is -0.370. The van der Waals surface area contributed by atoms with E-state index in [1.54, 1.807) is 0 Å². The minimum atomic E-state index is 0.370. The van der Waals surface area contributed by atoms with Crippen molar-refractivity contribution in [2.45, 2.75) is 46.6 Å². The van der Waals surface area contributed by atoms with Crippen molar-refractivity contribution < 1.29 is 4.79 Å². The molecule has 2 nitrogen and oxygen atoms in total. The van der Waals surface area contributed by atoms with Gasteiger partial charge < -0.3 is 4.90 Å². The van der Waals surface area contributed by atoms with E-state index in [9.17, 15) is 4.79 Å². The Morgan fingerprint density at radius 2 is 1.75 bits per heavy atom. The molecule has 0 fully saturated rings. The van der Waals surface area contributed by atoms with Crippen LogP contribution in [0.2, 0.25) is 0 Å². The average Bonchev–Trinajstić information content (AvgIpc) is 2.06. The Morgan fingerprint density at radius 3 is 2.08 bits per heavy atom. The van der Waals surface area contributed by atoms with Crippen LogP contribution >= 0.6 is 0 Å². The summed E-state index contributed by atoms with van der Waals surface area (Å²) >= 11 is 0. The third-order valence-corrected chi connectivity index (χ3v) is 2.35. The number of nitrogens with zero attached hydrogens (tertiary/aromatic N) is 1. The number of rotatable bonds is 6. The fraction of sp³-hybridized carbons (Fsp3) is 0.900. The maximum Gasteiger partial charge on any atom is 0.134 e. The van der Waals surface area contributed by atoms with Crippen LogP contribution in [0.15, 0.2) is 0 Å². The minimum absolute atomic E-state index is 0.370. The first-order chi connectivity index (χ1) is 5.65. The predicted octanol–water partition coefficient (Wildman–Crippen LogP) is 2.09. The molecule has 0 aromatic rings. The van der Waals surface area contributed by atoms with Gasteiger partial charge in [-0.3, -0.25) is 4.79 Å². The molecule has 0 rings (SSSR count). The van der Waals surface area contributed by atoms with Gasteiger partial charge in [0.25, 0.3) is 0 Å². The van der Waals surface area contributed by atoms with Gasteiger partial charge in [-0.1, -0.05) is 20.8 Å². The van der Waals surface area contributed by atoms with Crippen LogP contribution in [0.3, 0.4) is 0 Å². The van der Waals surface area contributed by atoms with Crippen molar-refractivity contribution >= 4 is 5.78 Å². The zero-order chi connectivity index (χ0) is 9.56. The fourth-order valence-electron chi connectivity index (χ4n) is 1.45. The van der Waals surface area contributed by atoms with E-state index in [4.69, 9.17) is 0 Å². The second kappa shape index (κ2) is 6.18. The summed E-state index contributed by atoms with van der Waals surface area (Å²) in [5, 5.41) is 0. The summed E-state index contributed by atoms with van der Waals surface area (Å²) in [6.07, 6.45) is 1.38. The van der Waals surface area contributed by atoms with Gasteiger partial charge in [-0.25, -0.2) is 0 Å². The van der Waals surface area contributed by atoms with Gasteiger partial charge in [-0.15, -0.1) is 0 Å². The van der Waals surface area contributed by atoms with Crippen LogP contribution < -0.4 is 0 Å². The van der Waals surface area contributed by atoms with Crippen molar-refractivity contribution in [2.75, 3.05) is 13.1 Å². The van der Waals surface area contributed by atoms with Crippen LogP contribution in [-0.4, -0.2) is 29.8 Å². The second-order valence-corrected chi connectivity index (χ2v) is 3.17. The van der Waals surface area contributed by atoms with Gasteiger partial charge in [-0.05, 0) is 20.0 Å². The van der Waals surface area contributed by atoms with Crippen LogP contribution in [0.4, 0.5) is 0 Å². The molecule has 0 heterocycles. The van der Waals surface area contributed by atoms with Gasteiger partial charge in [0.05, 0.1) is 0 Å². The number of carbonyl (C=O) groups is 1. The highest BCUT2D eigenvalue weighted by atomic mass is 16.1. The third-order valence-electron chi connectivity index (χ3n) is 2.35. The first-order valence-electron chi connectivity index (χ1n) is 4.91. The molecule has 0 saturated heterocycles. The normalized spacial score (nSPS) is 13.4. The Morgan fingerprint density at radius 1 is 1.25 bits per heavy atom. The molecule has 0 aliphatic rings. The van der Waals surface area contributed by atoms with E-state index in [1.807, 2.05) is 6.92 Å². The zero-order valence-electron chi connectivity index (χ0n) is 8.76. The third kappa shape index (κ3) is 3.86. The molecule has 2 heteroatoms. The van der Waals surface area contributed by atoms with E-state index in [0.29, 0.717) is 24.7 Å². The number of carbonyl (C=O) groups excluding carboxylic acids is 1. The highest BCUT2D eigenvalue weighted by molar-refractivity contribution is 5.78. The summed E-state index contributed by atoms with van der Waals surface area (Å²) in [7, 11) is 0. The number of hydrogen-bond acceptors (Lipinski definition) is 2. The first-order valence-corrected chi connectivity index (χ1v) is 4.91. The number of hydrogen-bond donors (Lipinski definition) is 0. The van der Waals surface area contributed by atoms with Gasteiger partial charge in [0.2, 0.25) is 0 Å². The SMILES string of the molecule is CCC(=O)CC(C)N(CC)CC. The zero-order valence-corrected chi connectivity index (χ0v) is 8.76. The molecule has 72 valence electrons. The van der Waals surface area contributed by atoms with Gasteiger partial charge in [-0.2, -0.15) is 0 Å². The summed E-state index contributed by atoms with van der Waals surface area (Å²) in [4.78, 5) is 13.4. The summed E-state index contributed by atoms with van der Waals surface area (Å²) in [6.45, 7) is 10.4. The molecular formula is C10H21NO. The molecule has 0 N–H and O–H groups in total. The van der Waals surface area contributed by atoms with Gasteiger partial charge in [0.15, 0.2) is 0 Å². The minimum Gasteiger partial charge on any atom is -0.301 e. The fourth-order valence-corrected chi connectivity index (χ4v) is 1.45. The van der Waals surface area contributed by atoms with E-state index < -0.39 is 0 Å². The van der Waals surface area contributed by atoms with Crippen LogP contribution in [0.25, 0.3) is 0 Å². The Kier molecular flexibility index (Phi) is 5.99. The molecule has 0 aromatic carbocycles.